The van der Waals surface area contributed by atoms with Gasteiger partial charge in [0.1, 0.15) is 5.82 Å². The molecule has 8 nitrogen and oxygen atoms in total. The van der Waals surface area contributed by atoms with Crippen molar-refractivity contribution in [2.45, 2.75) is 12.1 Å². The number of benzene rings is 1. The molecular weight excluding hydrogens is 387 g/mol. The van der Waals surface area contributed by atoms with Crippen LogP contribution >= 0.6 is 0 Å². The van der Waals surface area contributed by atoms with E-state index in [0.29, 0.717) is 18.8 Å². The average molecular weight is 406 g/mol. The van der Waals surface area contributed by atoms with Gasteiger partial charge in [-0.25, -0.2) is 14.1 Å². The second-order valence-electron chi connectivity index (χ2n) is 7.23. The van der Waals surface area contributed by atoms with Crippen molar-refractivity contribution < 1.29 is 14.3 Å². The highest BCUT2D eigenvalue weighted by atomic mass is 19.1. The maximum atomic E-state index is 13.1. The number of aliphatic hydroxyl groups excluding tert-OH is 1. The maximum Gasteiger partial charge on any atom is 0.272 e. The minimum atomic E-state index is -0.731. The maximum absolute atomic E-state index is 13.1. The van der Waals surface area contributed by atoms with Gasteiger partial charge in [0.2, 0.25) is 0 Å². The summed E-state index contributed by atoms with van der Waals surface area (Å²) in [6, 6.07) is 10.9. The summed E-state index contributed by atoms with van der Waals surface area (Å²) in [5.74, 6) is 0.0449. The molecule has 3 aromatic heterocycles. The Bertz CT molecular complexity index is 1200. The number of rotatable bonds is 4. The van der Waals surface area contributed by atoms with Crippen LogP contribution in [0.25, 0.3) is 11.2 Å². The van der Waals surface area contributed by atoms with E-state index in [9.17, 15) is 14.3 Å². The van der Waals surface area contributed by atoms with Gasteiger partial charge in [0, 0.05) is 37.9 Å². The number of amides is 1. The first-order chi connectivity index (χ1) is 14.6. The van der Waals surface area contributed by atoms with E-state index in [1.165, 1.54) is 16.8 Å². The number of aromatic nitrogens is 4. The molecule has 1 aliphatic rings. The first-order valence-corrected chi connectivity index (χ1v) is 9.56. The number of anilines is 1. The van der Waals surface area contributed by atoms with Crippen LogP contribution in [0, 0.1) is 5.82 Å². The molecule has 2 N–H and O–H groups in total. The molecule has 1 aliphatic heterocycles. The van der Waals surface area contributed by atoms with E-state index in [-0.39, 0.29) is 17.4 Å². The third-order valence-corrected chi connectivity index (χ3v) is 5.25. The molecule has 30 heavy (non-hydrogen) atoms. The van der Waals surface area contributed by atoms with Crippen LogP contribution in [0.2, 0.25) is 0 Å². The number of nitrogens with zero attached hydrogens (tertiary/aromatic N) is 5. The van der Waals surface area contributed by atoms with Crippen LogP contribution < -0.4 is 10.2 Å². The van der Waals surface area contributed by atoms with E-state index in [4.69, 9.17) is 0 Å². The number of halogens is 1. The Labute approximate surface area is 171 Å². The number of β-amino-alcohol motifs (C(OH)–C–C–N with tert-alkyl or cyclic N) is 1. The van der Waals surface area contributed by atoms with Crippen molar-refractivity contribution in [3.63, 3.8) is 0 Å². The molecule has 1 fully saturated rings. The fourth-order valence-corrected chi connectivity index (χ4v) is 3.73. The van der Waals surface area contributed by atoms with Crippen molar-refractivity contribution >= 4 is 17.2 Å². The summed E-state index contributed by atoms with van der Waals surface area (Å²) in [5, 5.41) is 17.6. The Hall–Kier alpha value is -3.72. The number of carbonyl (C=O) groups excluding carboxylic acids is 1. The number of carbonyl (C=O) groups is 1. The molecule has 1 unspecified atom stereocenters. The van der Waals surface area contributed by atoms with Gasteiger partial charge in [0.25, 0.3) is 5.91 Å². The number of aliphatic hydroxyl groups is 1. The largest absolute Gasteiger partial charge is 0.389 e. The Balaban J connectivity index is 1.30. The Kier molecular flexibility index (Phi) is 4.44. The van der Waals surface area contributed by atoms with E-state index >= 15 is 0 Å². The zero-order valence-electron chi connectivity index (χ0n) is 15.9. The van der Waals surface area contributed by atoms with Gasteiger partial charge < -0.3 is 19.7 Å². The normalized spacial score (nSPS) is 18.8. The molecule has 152 valence electrons. The highest BCUT2D eigenvalue weighted by Gasteiger charge is 2.34. The molecule has 4 heterocycles. The minimum Gasteiger partial charge on any atom is -0.389 e. The average Bonchev–Trinajstić information content (AvgIpc) is 3.48. The fourth-order valence-electron chi connectivity index (χ4n) is 3.73. The van der Waals surface area contributed by atoms with Gasteiger partial charge in [0.15, 0.2) is 11.5 Å². The fraction of sp³-hybridized carbons (Fsp3) is 0.190. The first-order valence-electron chi connectivity index (χ1n) is 9.56. The highest BCUT2D eigenvalue weighted by Crippen LogP contribution is 2.24. The van der Waals surface area contributed by atoms with Crippen molar-refractivity contribution in [3.05, 3.63) is 78.8 Å². The minimum absolute atomic E-state index is 0.219. The topological polar surface area (TPSA) is 87.7 Å². The standard InChI is InChI=1S/C21H19FN6O2/c22-14-3-5-15(6-4-14)28-10-7-16(25-28)21(30)24-17-12-27(13-19(17)29)20-18-2-1-9-26(18)11-8-23-20/h1-11,17,19,29H,12-13H2,(H,24,30)/t17-,19?/m1/s1. The van der Waals surface area contributed by atoms with Gasteiger partial charge in [-0.05, 0) is 42.5 Å². The number of fused-ring (bicyclic) bond motifs is 1. The molecule has 0 spiro atoms. The SMILES string of the molecule is O=C(N[C@@H]1CN(c2nccn3cccc23)CC1O)c1ccn(-c2ccc(F)cc2)n1. The lowest BCUT2D eigenvalue weighted by molar-refractivity contribution is 0.0883. The van der Waals surface area contributed by atoms with Gasteiger partial charge in [-0.3, -0.25) is 4.79 Å². The zero-order chi connectivity index (χ0) is 20.7. The lowest BCUT2D eigenvalue weighted by atomic mass is 10.2. The first kappa shape index (κ1) is 18.3. The van der Waals surface area contributed by atoms with E-state index in [0.717, 1.165) is 11.3 Å². The van der Waals surface area contributed by atoms with Crippen LogP contribution in [0.15, 0.2) is 67.3 Å². The summed E-state index contributed by atoms with van der Waals surface area (Å²) < 4.78 is 16.6. The highest BCUT2D eigenvalue weighted by molar-refractivity contribution is 5.92. The van der Waals surface area contributed by atoms with Gasteiger partial charge in [-0.1, -0.05) is 0 Å². The lowest BCUT2D eigenvalue weighted by Gasteiger charge is -2.18. The van der Waals surface area contributed by atoms with E-state index < -0.39 is 12.1 Å². The predicted octanol–water partition coefficient (Wildman–Crippen LogP) is 1.64. The van der Waals surface area contributed by atoms with E-state index in [1.807, 2.05) is 33.8 Å². The van der Waals surface area contributed by atoms with Crippen LogP contribution in [-0.2, 0) is 0 Å². The molecule has 0 saturated carbocycles. The summed E-state index contributed by atoms with van der Waals surface area (Å²) in [6.07, 6.45) is 6.41. The summed E-state index contributed by atoms with van der Waals surface area (Å²) in [4.78, 5) is 19.1. The quantitative estimate of drug-likeness (QED) is 0.538. The molecule has 0 radical (unpaired) electrons. The molecule has 0 aliphatic carbocycles. The monoisotopic (exact) mass is 406 g/mol. The van der Waals surface area contributed by atoms with Crippen molar-refractivity contribution in [2.24, 2.45) is 0 Å². The van der Waals surface area contributed by atoms with Crippen LogP contribution in [0.5, 0.6) is 0 Å². The number of nitrogens with one attached hydrogen (secondary N) is 1. The molecule has 1 aromatic carbocycles. The summed E-state index contributed by atoms with van der Waals surface area (Å²) in [5.41, 5.74) is 1.81. The van der Waals surface area contributed by atoms with Crippen LogP contribution in [0.4, 0.5) is 10.2 Å². The van der Waals surface area contributed by atoms with E-state index in [1.54, 1.807) is 30.6 Å². The van der Waals surface area contributed by atoms with Gasteiger partial charge >= 0.3 is 0 Å². The molecule has 1 amide bonds. The van der Waals surface area contributed by atoms with Gasteiger partial charge in [0.05, 0.1) is 23.3 Å². The van der Waals surface area contributed by atoms with Crippen molar-refractivity contribution in [1.82, 2.24) is 24.5 Å². The van der Waals surface area contributed by atoms with Gasteiger partial charge in [-0.15, -0.1) is 0 Å². The molecular formula is C21H19FN6O2. The van der Waals surface area contributed by atoms with Gasteiger partial charge in [-0.2, -0.15) is 5.10 Å². The summed E-state index contributed by atoms with van der Waals surface area (Å²) in [6.45, 7) is 0.802. The second-order valence-corrected chi connectivity index (χ2v) is 7.23. The molecule has 1 saturated heterocycles. The van der Waals surface area contributed by atoms with E-state index in [2.05, 4.69) is 15.4 Å². The zero-order valence-corrected chi connectivity index (χ0v) is 15.9. The number of hydrogen-bond acceptors (Lipinski definition) is 5. The van der Waals surface area contributed by atoms with Crippen molar-refractivity contribution in [3.8, 4) is 5.69 Å². The molecule has 4 aromatic rings. The number of hydrogen-bond donors (Lipinski definition) is 2. The predicted molar refractivity (Wildman–Crippen MR) is 108 cm³/mol. The molecule has 5 rings (SSSR count). The third kappa shape index (κ3) is 3.29. The Morgan fingerprint density at radius 3 is 2.77 bits per heavy atom. The Morgan fingerprint density at radius 2 is 1.93 bits per heavy atom. The second kappa shape index (κ2) is 7.27. The third-order valence-electron chi connectivity index (χ3n) is 5.25. The lowest BCUT2D eigenvalue weighted by Crippen LogP contribution is -2.43. The smallest absolute Gasteiger partial charge is 0.272 e. The molecule has 9 heteroatoms. The van der Waals surface area contributed by atoms with Crippen LogP contribution in [-0.4, -0.2) is 55.4 Å². The summed E-state index contributed by atoms with van der Waals surface area (Å²) in [7, 11) is 0. The summed E-state index contributed by atoms with van der Waals surface area (Å²) >= 11 is 0. The van der Waals surface area contributed by atoms with Crippen LogP contribution in [0.3, 0.4) is 0 Å². The molecule has 2 atom stereocenters. The van der Waals surface area contributed by atoms with Crippen molar-refractivity contribution in [1.29, 1.82) is 0 Å². The molecule has 0 bridgehead atoms. The van der Waals surface area contributed by atoms with Crippen molar-refractivity contribution in [2.75, 3.05) is 18.0 Å². The van der Waals surface area contributed by atoms with Crippen LogP contribution in [0.1, 0.15) is 10.5 Å². The Morgan fingerprint density at radius 1 is 1.10 bits per heavy atom.